The summed E-state index contributed by atoms with van der Waals surface area (Å²) in [4.78, 5) is 35.0. The molecule has 0 aromatic heterocycles. The number of hydrogen-bond donors (Lipinski definition) is 4. The van der Waals surface area contributed by atoms with E-state index in [0.29, 0.717) is 32.1 Å². The molecule has 0 fully saturated rings. The van der Waals surface area contributed by atoms with Crippen molar-refractivity contribution in [2.45, 2.75) is 167 Å². The van der Waals surface area contributed by atoms with Gasteiger partial charge in [0.15, 0.2) is 6.10 Å². The Kier molecular flexibility index (Phi) is 38.8. The lowest BCUT2D eigenvalue weighted by atomic mass is 10.1. The van der Waals surface area contributed by atoms with Gasteiger partial charge < -0.3 is 29.7 Å². The van der Waals surface area contributed by atoms with Gasteiger partial charge in [0.2, 0.25) is 0 Å². The number of aliphatic hydroxyl groups is 3. The van der Waals surface area contributed by atoms with Crippen LogP contribution in [0, 0.1) is 0 Å². The molecule has 0 spiro atoms. The number of ether oxygens (including phenoxy) is 2. The van der Waals surface area contributed by atoms with E-state index in [1.165, 1.54) is 38.5 Å². The molecule has 4 N–H and O–H groups in total. The average molecular weight is 837 g/mol. The van der Waals surface area contributed by atoms with Crippen molar-refractivity contribution in [3.05, 3.63) is 85.1 Å². The molecule has 0 rings (SSSR count). The van der Waals surface area contributed by atoms with Crippen LogP contribution in [0.15, 0.2) is 85.1 Å². The van der Waals surface area contributed by atoms with Gasteiger partial charge in [-0.25, -0.2) is 4.57 Å². The fourth-order valence-electron chi connectivity index (χ4n) is 5.19. The highest BCUT2D eigenvalue weighted by Gasteiger charge is 2.27. The molecular formula is C46H77O11P. The van der Waals surface area contributed by atoms with Crippen molar-refractivity contribution in [2.75, 3.05) is 26.4 Å². The summed E-state index contributed by atoms with van der Waals surface area (Å²) in [6.07, 6.45) is 44.3. The molecule has 4 atom stereocenters. The van der Waals surface area contributed by atoms with E-state index in [2.05, 4.69) is 60.9 Å². The molecule has 11 nitrogen and oxygen atoms in total. The number of carbonyl (C=O) groups excluding carboxylic acids is 2. The number of phosphoric ester groups is 1. The SMILES string of the molecule is CCCCC/C=C\C/C=C\C/C=C\CCCCCCC(=O)OC[C@H](COP(=O)(O)OC[C@@H](O)CO)OC(=O)CCC/C=C\C/C=C\C=C\[C@@H](O)C/C=C\CCCCC. The first kappa shape index (κ1) is 55.1. The first-order valence-corrected chi connectivity index (χ1v) is 23.1. The molecule has 12 heteroatoms. The monoisotopic (exact) mass is 837 g/mol. The highest BCUT2D eigenvalue weighted by Crippen LogP contribution is 2.43. The number of unbranched alkanes of at least 4 members (excludes halogenated alkanes) is 11. The maximum Gasteiger partial charge on any atom is 0.472 e. The summed E-state index contributed by atoms with van der Waals surface area (Å²) in [6.45, 7) is 2.12. The molecule has 0 bridgehead atoms. The van der Waals surface area contributed by atoms with Gasteiger partial charge in [-0.1, -0.05) is 137 Å². The Bertz CT molecular complexity index is 1250. The summed E-state index contributed by atoms with van der Waals surface area (Å²) in [7, 11) is -4.66. The topological polar surface area (TPSA) is 169 Å². The van der Waals surface area contributed by atoms with Crippen molar-refractivity contribution in [3.8, 4) is 0 Å². The maximum absolute atomic E-state index is 12.6. The largest absolute Gasteiger partial charge is 0.472 e. The normalized spacial score (nSPS) is 15.2. The van der Waals surface area contributed by atoms with E-state index in [1.807, 2.05) is 36.5 Å². The standard InChI is InChI=1S/C46H77O11P/c1-3-5-7-9-11-12-13-14-15-16-17-18-19-20-24-28-32-36-45(50)54-40-44(41-56-58(52,53)55-39-43(49)38-47)57-46(51)37-33-29-25-22-21-23-27-31-35-42(48)34-30-26-10-8-6-4-2/h11-12,14-15,17-18,22-23,25-27,30-31,35,42-44,47-49H,3-10,13,16,19-21,24,28-29,32-34,36-41H2,1-2H3,(H,52,53)/b12-11-,15-14-,18-17-,25-22-,27-23-,30-26-,35-31+/t42-,43-,44+/m0/s1. The zero-order valence-corrected chi connectivity index (χ0v) is 36.5. The average Bonchev–Trinajstić information content (AvgIpc) is 3.21. The van der Waals surface area contributed by atoms with Crippen LogP contribution < -0.4 is 0 Å². The van der Waals surface area contributed by atoms with Crippen molar-refractivity contribution in [2.24, 2.45) is 0 Å². The first-order chi connectivity index (χ1) is 28.1. The zero-order valence-electron chi connectivity index (χ0n) is 35.6. The lowest BCUT2D eigenvalue weighted by Crippen LogP contribution is -2.29. The van der Waals surface area contributed by atoms with Gasteiger partial charge in [0.05, 0.1) is 25.9 Å². The van der Waals surface area contributed by atoms with Crippen LogP contribution in [0.1, 0.15) is 149 Å². The van der Waals surface area contributed by atoms with E-state index in [0.717, 1.165) is 51.4 Å². The Labute approximate surface area is 350 Å². The fraction of sp³-hybridized carbons (Fsp3) is 0.652. The lowest BCUT2D eigenvalue weighted by molar-refractivity contribution is -0.161. The van der Waals surface area contributed by atoms with Gasteiger partial charge in [-0.2, -0.15) is 0 Å². The number of rotatable bonds is 39. The summed E-state index contributed by atoms with van der Waals surface area (Å²) in [5.41, 5.74) is 0. The van der Waals surface area contributed by atoms with Crippen molar-refractivity contribution in [3.63, 3.8) is 0 Å². The summed E-state index contributed by atoms with van der Waals surface area (Å²) in [5.74, 6) is -1.06. The summed E-state index contributed by atoms with van der Waals surface area (Å²) in [5, 5.41) is 28.4. The Morgan fingerprint density at radius 3 is 1.72 bits per heavy atom. The van der Waals surface area contributed by atoms with Crippen LogP contribution in [0.3, 0.4) is 0 Å². The van der Waals surface area contributed by atoms with Gasteiger partial charge >= 0.3 is 19.8 Å². The van der Waals surface area contributed by atoms with Crippen molar-refractivity contribution < 1.29 is 52.9 Å². The highest BCUT2D eigenvalue weighted by molar-refractivity contribution is 7.47. The van der Waals surface area contributed by atoms with E-state index < -0.39 is 57.9 Å². The predicted molar refractivity (Wildman–Crippen MR) is 234 cm³/mol. The fourth-order valence-corrected chi connectivity index (χ4v) is 5.98. The number of allylic oxidation sites excluding steroid dienone is 12. The predicted octanol–water partition coefficient (Wildman–Crippen LogP) is 10.4. The number of phosphoric acid groups is 1. The minimum atomic E-state index is -4.66. The number of esters is 2. The van der Waals surface area contributed by atoms with Crippen LogP contribution in [-0.2, 0) is 32.7 Å². The molecule has 0 heterocycles. The number of aliphatic hydroxyl groups excluding tert-OH is 3. The highest BCUT2D eigenvalue weighted by atomic mass is 31.2. The summed E-state index contributed by atoms with van der Waals surface area (Å²) >= 11 is 0. The van der Waals surface area contributed by atoms with Gasteiger partial charge in [0.25, 0.3) is 0 Å². The molecule has 0 amide bonds. The maximum atomic E-state index is 12.6. The van der Waals surface area contributed by atoms with Gasteiger partial charge in [-0.3, -0.25) is 18.6 Å². The summed E-state index contributed by atoms with van der Waals surface area (Å²) < 4.78 is 32.6. The van der Waals surface area contributed by atoms with E-state index >= 15 is 0 Å². The molecule has 1 unspecified atom stereocenters. The third-order valence-electron chi connectivity index (χ3n) is 8.60. The van der Waals surface area contributed by atoms with Gasteiger partial charge in [-0.15, -0.1) is 0 Å². The van der Waals surface area contributed by atoms with E-state index in [9.17, 15) is 29.3 Å². The number of carbonyl (C=O) groups is 2. The molecule has 0 aliphatic rings. The van der Waals surface area contributed by atoms with E-state index in [4.69, 9.17) is 19.1 Å². The van der Waals surface area contributed by atoms with Crippen LogP contribution in [0.4, 0.5) is 0 Å². The van der Waals surface area contributed by atoms with Gasteiger partial charge in [-0.05, 0) is 83.5 Å². The molecule has 0 aliphatic heterocycles. The molecule has 0 aromatic carbocycles. The Morgan fingerprint density at radius 1 is 0.586 bits per heavy atom. The third-order valence-corrected chi connectivity index (χ3v) is 9.55. The summed E-state index contributed by atoms with van der Waals surface area (Å²) in [6, 6.07) is 0. The Hall–Kier alpha value is -2.89. The molecule has 0 radical (unpaired) electrons. The molecule has 58 heavy (non-hydrogen) atoms. The minimum absolute atomic E-state index is 0.0665. The molecule has 0 saturated carbocycles. The Balaban J connectivity index is 4.52. The molecular weight excluding hydrogens is 759 g/mol. The molecule has 0 aliphatic carbocycles. The van der Waals surface area contributed by atoms with E-state index in [-0.39, 0.29) is 19.4 Å². The van der Waals surface area contributed by atoms with Crippen LogP contribution in [0.5, 0.6) is 0 Å². The second-order valence-electron chi connectivity index (χ2n) is 14.2. The first-order valence-electron chi connectivity index (χ1n) is 21.7. The molecule has 0 aromatic rings. The van der Waals surface area contributed by atoms with Gasteiger partial charge in [0, 0.05) is 12.8 Å². The van der Waals surface area contributed by atoms with Gasteiger partial charge in [0.1, 0.15) is 12.7 Å². The van der Waals surface area contributed by atoms with Crippen molar-refractivity contribution >= 4 is 19.8 Å². The van der Waals surface area contributed by atoms with Crippen molar-refractivity contribution in [1.29, 1.82) is 0 Å². The Morgan fingerprint density at radius 2 is 1.10 bits per heavy atom. The van der Waals surface area contributed by atoms with Crippen LogP contribution in [-0.4, -0.2) is 76.9 Å². The van der Waals surface area contributed by atoms with Crippen molar-refractivity contribution in [1.82, 2.24) is 0 Å². The van der Waals surface area contributed by atoms with Crippen LogP contribution in [0.2, 0.25) is 0 Å². The second kappa shape index (κ2) is 40.9. The zero-order chi connectivity index (χ0) is 42.8. The number of hydrogen-bond acceptors (Lipinski definition) is 10. The lowest BCUT2D eigenvalue weighted by Gasteiger charge is -2.20. The second-order valence-corrected chi connectivity index (χ2v) is 15.7. The smallest absolute Gasteiger partial charge is 0.462 e. The minimum Gasteiger partial charge on any atom is -0.462 e. The molecule has 332 valence electrons. The van der Waals surface area contributed by atoms with E-state index in [1.54, 1.807) is 6.08 Å². The quantitative estimate of drug-likeness (QED) is 0.0153. The van der Waals surface area contributed by atoms with Crippen LogP contribution in [0.25, 0.3) is 0 Å². The van der Waals surface area contributed by atoms with Crippen LogP contribution >= 0.6 is 7.82 Å². The molecule has 0 saturated heterocycles. The third kappa shape index (κ3) is 39.9.